The van der Waals surface area contributed by atoms with Crippen molar-refractivity contribution < 1.29 is 0 Å². The summed E-state index contributed by atoms with van der Waals surface area (Å²) in [5.41, 5.74) is 25.4. The Kier molecular flexibility index (Phi) is 13.0. The predicted molar refractivity (Wildman–Crippen MR) is 372 cm³/mol. The Morgan fingerprint density at radius 2 is 0.535 bits per heavy atom. The smallest absolute Gasteiger partial charge is 0.0615 e. The third-order valence-electron chi connectivity index (χ3n) is 19.2. The van der Waals surface area contributed by atoms with Crippen molar-refractivity contribution in [1.29, 1.82) is 0 Å². The van der Waals surface area contributed by atoms with E-state index in [0.29, 0.717) is 0 Å². The van der Waals surface area contributed by atoms with Crippen LogP contribution >= 0.6 is 0 Å². The second-order valence-electron chi connectivity index (χ2n) is 24.2. The van der Waals surface area contributed by atoms with Crippen LogP contribution in [0.15, 0.2) is 278 Å². The number of anilines is 2. The summed E-state index contributed by atoms with van der Waals surface area (Å²) in [6.07, 6.45) is 2.52. The number of nitrogens with zero attached hydrogens (tertiary/aromatic N) is 1. The SMILES string of the molecule is CC1=CC(c2ccc(-c3cccc4ccccc34)c3ccccc23)=C(C)C(C)C1N(c1cc(C)c(-c2ccc(-c3cccc4ccccc34)c3ccccc23)cc1C)c1cc(C)c(-c2ccc(-c3cccc4ccccc34)c3ccccc23)cc1C. The van der Waals surface area contributed by atoms with Gasteiger partial charge in [0.15, 0.2) is 0 Å². The molecule has 412 valence electrons. The molecule has 0 aliphatic heterocycles. The fourth-order valence-corrected chi connectivity index (χ4v) is 14.8. The van der Waals surface area contributed by atoms with Crippen LogP contribution in [0.2, 0.25) is 0 Å². The molecule has 0 N–H and O–H groups in total. The third kappa shape index (κ3) is 8.67. The molecule has 0 radical (unpaired) electrons. The van der Waals surface area contributed by atoms with E-state index in [9.17, 15) is 0 Å². The molecule has 0 amide bonds. The Balaban J connectivity index is 0.879. The molecular formula is C85H67N. The van der Waals surface area contributed by atoms with Crippen LogP contribution in [-0.4, -0.2) is 6.04 Å². The standard InChI is InChI=1S/C85H67N/c1-52-50-83(54(3)47-80(52)77-44-41-74(68-32-14-17-35-71(68)77)65-38-20-26-59-23-8-11-29-62(59)65)86(84-51-53(2)81(48-55(84)4)78-45-42-75(69-33-15-18-36-72(69)78)66-39-21-27-60-24-9-12-30-63(60)66)85-56(5)49-82(57(6)58(85)7)79-46-43-76(70-34-16-19-37-73(70)79)67-40-22-28-61-25-10-13-31-64(61)67/h8-51,58,85H,1-7H3. The van der Waals surface area contributed by atoms with E-state index in [1.807, 2.05) is 0 Å². The molecule has 14 aromatic carbocycles. The van der Waals surface area contributed by atoms with E-state index < -0.39 is 0 Å². The van der Waals surface area contributed by atoms with Crippen LogP contribution in [0.1, 0.15) is 48.6 Å². The van der Waals surface area contributed by atoms with Crippen LogP contribution in [0.5, 0.6) is 0 Å². The van der Waals surface area contributed by atoms with E-state index in [2.05, 4.69) is 320 Å². The number of allylic oxidation sites excluding steroid dienone is 2. The van der Waals surface area contributed by atoms with Crippen molar-refractivity contribution in [3.05, 3.63) is 306 Å². The van der Waals surface area contributed by atoms with Crippen LogP contribution in [0, 0.1) is 33.6 Å². The summed E-state index contributed by atoms with van der Waals surface area (Å²) in [6.45, 7) is 16.6. The zero-order valence-electron chi connectivity index (χ0n) is 50.0. The molecule has 0 bridgehead atoms. The molecule has 0 fully saturated rings. The summed E-state index contributed by atoms with van der Waals surface area (Å²) >= 11 is 0. The molecule has 1 aliphatic carbocycles. The molecule has 0 saturated carbocycles. The summed E-state index contributed by atoms with van der Waals surface area (Å²) < 4.78 is 0. The maximum absolute atomic E-state index is 2.72. The second-order valence-corrected chi connectivity index (χ2v) is 24.2. The summed E-state index contributed by atoms with van der Waals surface area (Å²) in [5, 5.41) is 15.2. The van der Waals surface area contributed by atoms with Crippen LogP contribution in [-0.2, 0) is 0 Å². The molecule has 0 saturated heterocycles. The molecule has 15 rings (SSSR count). The van der Waals surface area contributed by atoms with E-state index in [-0.39, 0.29) is 12.0 Å². The number of aryl methyl sites for hydroxylation is 4. The van der Waals surface area contributed by atoms with Gasteiger partial charge >= 0.3 is 0 Å². The lowest BCUT2D eigenvalue weighted by Gasteiger charge is -2.43. The third-order valence-corrected chi connectivity index (χ3v) is 19.2. The summed E-state index contributed by atoms with van der Waals surface area (Å²) in [5.74, 6) is 0.154. The highest BCUT2D eigenvalue weighted by molar-refractivity contribution is 6.13. The van der Waals surface area contributed by atoms with Crippen molar-refractivity contribution in [3.8, 4) is 55.6 Å². The van der Waals surface area contributed by atoms with Crippen molar-refractivity contribution >= 4 is 81.6 Å². The van der Waals surface area contributed by atoms with Crippen molar-refractivity contribution in [1.82, 2.24) is 0 Å². The van der Waals surface area contributed by atoms with Crippen molar-refractivity contribution in [3.63, 3.8) is 0 Å². The molecule has 2 atom stereocenters. The van der Waals surface area contributed by atoms with E-state index in [0.717, 1.165) is 0 Å². The molecule has 86 heavy (non-hydrogen) atoms. The first-order chi connectivity index (χ1) is 42.1. The maximum atomic E-state index is 2.72. The van der Waals surface area contributed by atoms with E-state index in [1.165, 1.54) is 176 Å². The van der Waals surface area contributed by atoms with E-state index >= 15 is 0 Å². The molecular weight excluding hydrogens is 1030 g/mol. The normalized spacial score (nSPS) is 14.5. The molecule has 0 heterocycles. The monoisotopic (exact) mass is 1100 g/mol. The van der Waals surface area contributed by atoms with Crippen molar-refractivity contribution in [2.45, 2.75) is 54.5 Å². The van der Waals surface area contributed by atoms with Crippen molar-refractivity contribution in [2.24, 2.45) is 5.92 Å². The lowest BCUT2D eigenvalue weighted by Crippen LogP contribution is -2.40. The highest BCUT2D eigenvalue weighted by Gasteiger charge is 2.35. The Morgan fingerprint density at radius 1 is 0.256 bits per heavy atom. The molecule has 1 aliphatic rings. The van der Waals surface area contributed by atoms with Crippen molar-refractivity contribution in [2.75, 3.05) is 4.90 Å². The van der Waals surface area contributed by atoms with Gasteiger partial charge in [0.1, 0.15) is 0 Å². The van der Waals surface area contributed by atoms with Crippen LogP contribution < -0.4 is 4.90 Å². The van der Waals surface area contributed by atoms with Gasteiger partial charge in [0.05, 0.1) is 6.04 Å². The van der Waals surface area contributed by atoms with Crippen LogP contribution in [0.25, 0.3) is 126 Å². The topological polar surface area (TPSA) is 3.24 Å². The maximum Gasteiger partial charge on any atom is 0.0615 e. The highest BCUT2D eigenvalue weighted by atomic mass is 15.2. The van der Waals surface area contributed by atoms with Gasteiger partial charge < -0.3 is 4.90 Å². The summed E-state index contributed by atoms with van der Waals surface area (Å²) in [7, 11) is 0. The minimum absolute atomic E-state index is 0.0227. The van der Waals surface area contributed by atoms with Gasteiger partial charge in [-0.15, -0.1) is 0 Å². The average molecular weight is 1100 g/mol. The highest BCUT2D eigenvalue weighted by Crippen LogP contribution is 2.50. The number of fused-ring (bicyclic) bond motifs is 6. The van der Waals surface area contributed by atoms with Gasteiger partial charge in [-0.3, -0.25) is 0 Å². The van der Waals surface area contributed by atoms with Gasteiger partial charge in [-0.1, -0.05) is 255 Å². The molecule has 0 spiro atoms. The lowest BCUT2D eigenvalue weighted by atomic mass is 9.76. The number of hydrogen-bond acceptors (Lipinski definition) is 1. The van der Waals surface area contributed by atoms with Gasteiger partial charge in [0, 0.05) is 17.3 Å². The number of hydrogen-bond donors (Lipinski definition) is 0. The summed E-state index contributed by atoms with van der Waals surface area (Å²) in [4.78, 5) is 2.72. The molecule has 0 aromatic heterocycles. The Morgan fingerprint density at radius 3 is 0.895 bits per heavy atom. The molecule has 1 heteroatoms. The second kappa shape index (κ2) is 21.2. The largest absolute Gasteiger partial charge is 0.333 e. The fourth-order valence-electron chi connectivity index (χ4n) is 14.8. The summed E-state index contributed by atoms with van der Waals surface area (Å²) in [6, 6.07) is 97.5. The molecule has 1 nitrogen and oxygen atoms in total. The molecule has 2 unspecified atom stereocenters. The van der Waals surface area contributed by atoms with Gasteiger partial charge in [-0.2, -0.15) is 0 Å². The zero-order chi connectivity index (χ0) is 58.3. The minimum atomic E-state index is 0.0227. The van der Waals surface area contributed by atoms with E-state index in [4.69, 9.17) is 0 Å². The number of rotatable bonds is 9. The lowest BCUT2D eigenvalue weighted by molar-refractivity contribution is 0.555. The first-order valence-electron chi connectivity index (χ1n) is 30.5. The first kappa shape index (κ1) is 52.7. The van der Waals surface area contributed by atoms with Crippen LogP contribution in [0.3, 0.4) is 0 Å². The van der Waals surface area contributed by atoms with Crippen LogP contribution in [0.4, 0.5) is 11.4 Å². The first-order valence-corrected chi connectivity index (χ1v) is 30.5. The Bertz CT molecular complexity index is 4930. The minimum Gasteiger partial charge on any atom is -0.333 e. The Labute approximate surface area is 505 Å². The zero-order valence-corrected chi connectivity index (χ0v) is 50.0. The van der Waals surface area contributed by atoms with Gasteiger partial charge in [0.2, 0.25) is 0 Å². The van der Waals surface area contributed by atoms with Gasteiger partial charge in [-0.05, 0) is 225 Å². The van der Waals surface area contributed by atoms with Gasteiger partial charge in [0.25, 0.3) is 0 Å². The van der Waals surface area contributed by atoms with E-state index in [1.54, 1.807) is 0 Å². The fraction of sp³-hybridized carbons (Fsp3) is 0.106. The average Bonchev–Trinajstić information content (AvgIpc) is 1.25. The molecule has 14 aromatic rings. The number of benzene rings is 14. The quantitative estimate of drug-likeness (QED) is 0.139. The van der Waals surface area contributed by atoms with Gasteiger partial charge in [-0.25, -0.2) is 0 Å². The predicted octanol–water partition coefficient (Wildman–Crippen LogP) is 23.8. The Hall–Kier alpha value is -10.1.